The van der Waals surface area contributed by atoms with Crippen LogP contribution in [0, 0.1) is 11.7 Å². The van der Waals surface area contributed by atoms with E-state index in [4.69, 9.17) is 21.1 Å². The summed E-state index contributed by atoms with van der Waals surface area (Å²) in [5.41, 5.74) is 1.02. The molecule has 1 aromatic heterocycles. The molecule has 2 atom stereocenters. The van der Waals surface area contributed by atoms with Crippen molar-refractivity contribution >= 4 is 46.0 Å². The largest absolute Gasteiger partial charge is 0.469 e. The lowest BCUT2D eigenvalue weighted by Crippen LogP contribution is -2.40. The van der Waals surface area contributed by atoms with Crippen LogP contribution < -0.4 is 5.32 Å². The summed E-state index contributed by atoms with van der Waals surface area (Å²) in [7, 11) is 3.10. The number of anilines is 1. The van der Waals surface area contributed by atoms with Gasteiger partial charge in [-0.15, -0.1) is 0 Å². The summed E-state index contributed by atoms with van der Waals surface area (Å²) in [6.07, 6.45) is 1.22. The number of fused-ring (bicyclic) bond motifs is 1. The fourth-order valence-corrected chi connectivity index (χ4v) is 6.08. The van der Waals surface area contributed by atoms with Crippen LogP contribution in [0.1, 0.15) is 48.2 Å². The van der Waals surface area contributed by atoms with Crippen LogP contribution in [0.2, 0.25) is 5.02 Å². The average Bonchev–Trinajstić information content (AvgIpc) is 3.53. The lowest BCUT2D eigenvalue weighted by atomic mass is 9.87. The van der Waals surface area contributed by atoms with E-state index in [0.717, 1.165) is 11.6 Å². The van der Waals surface area contributed by atoms with E-state index in [2.05, 4.69) is 10.4 Å². The van der Waals surface area contributed by atoms with Gasteiger partial charge in [0.1, 0.15) is 12.0 Å². The maximum atomic E-state index is 15.1. The van der Waals surface area contributed by atoms with Gasteiger partial charge in [-0.25, -0.2) is 8.78 Å². The molecule has 2 aliphatic rings. The van der Waals surface area contributed by atoms with Gasteiger partial charge in [-0.05, 0) is 49.4 Å². The summed E-state index contributed by atoms with van der Waals surface area (Å²) in [4.78, 5) is 39.3. The van der Waals surface area contributed by atoms with Crippen molar-refractivity contribution in [1.82, 2.24) is 14.7 Å². The Morgan fingerprint density at radius 3 is 2.62 bits per heavy atom. The van der Waals surface area contributed by atoms with Crippen LogP contribution in [0.5, 0.6) is 0 Å². The van der Waals surface area contributed by atoms with Gasteiger partial charge in [-0.3, -0.25) is 19.1 Å². The van der Waals surface area contributed by atoms with Gasteiger partial charge in [-0.1, -0.05) is 29.8 Å². The Hall–Kier alpha value is -3.57. The SMILES string of the molecule is COC(=O)[C@H]1CC[C@H](OC[C@@H]2C[C@H](F)CN2C(=O)Cc2cc(Cl)c(NC(=O)c3nn(C)c4ccccc34)cc2F)CC1. The third-order valence-corrected chi connectivity index (χ3v) is 8.43. The second-order valence-corrected chi connectivity index (χ2v) is 11.3. The Morgan fingerprint density at radius 1 is 1.14 bits per heavy atom. The van der Waals surface area contributed by atoms with Gasteiger partial charge >= 0.3 is 5.97 Å². The molecule has 5 rings (SSSR count). The van der Waals surface area contributed by atoms with Crippen molar-refractivity contribution in [3.8, 4) is 0 Å². The summed E-state index contributed by atoms with van der Waals surface area (Å²) in [6, 6.07) is 9.12. The number of carbonyl (C=O) groups is 3. The summed E-state index contributed by atoms with van der Waals surface area (Å²) >= 11 is 6.39. The minimum Gasteiger partial charge on any atom is -0.469 e. The number of alkyl halides is 1. The highest BCUT2D eigenvalue weighted by atomic mass is 35.5. The summed E-state index contributed by atoms with van der Waals surface area (Å²) < 4.78 is 41.9. The van der Waals surface area contributed by atoms with Crippen molar-refractivity contribution in [1.29, 1.82) is 0 Å². The molecule has 224 valence electrons. The number of rotatable bonds is 8. The number of ether oxygens (including phenoxy) is 2. The number of aromatic nitrogens is 2. The number of aryl methyl sites for hydroxylation is 1. The van der Waals surface area contributed by atoms with Crippen molar-refractivity contribution in [2.24, 2.45) is 13.0 Å². The van der Waals surface area contributed by atoms with Crippen LogP contribution in [-0.2, 0) is 32.5 Å². The van der Waals surface area contributed by atoms with Gasteiger partial charge in [0.05, 0.1) is 61.0 Å². The van der Waals surface area contributed by atoms with E-state index in [9.17, 15) is 18.8 Å². The maximum absolute atomic E-state index is 15.1. The number of halogens is 3. The molecule has 2 heterocycles. The van der Waals surface area contributed by atoms with Gasteiger partial charge in [0, 0.05) is 18.9 Å². The maximum Gasteiger partial charge on any atom is 0.308 e. The second kappa shape index (κ2) is 12.7. The molecule has 3 aromatic rings. The van der Waals surface area contributed by atoms with Crippen LogP contribution in [0.15, 0.2) is 36.4 Å². The minimum atomic E-state index is -1.20. The minimum absolute atomic E-state index is 0.0365. The van der Waals surface area contributed by atoms with Gasteiger partial charge in [0.25, 0.3) is 5.91 Å². The van der Waals surface area contributed by atoms with Crippen LogP contribution in [0.25, 0.3) is 10.9 Å². The first-order chi connectivity index (χ1) is 20.1. The van der Waals surface area contributed by atoms with Crippen molar-refractivity contribution in [3.63, 3.8) is 0 Å². The standard InChI is InChI=1S/C30H33ClF2N4O5/c1-36-26-6-4-3-5-22(26)28(35-36)29(39)34-25-14-24(33)18(11-23(25)31)12-27(38)37-15-19(32)13-20(37)16-42-21-9-7-17(8-10-21)30(40)41-2/h3-6,11,14,17,19-21H,7-10,12-13,15-16H2,1-2H3,(H,34,39)/t17-,19-,20-,21-/m0/s1. The molecule has 1 aliphatic heterocycles. The van der Waals surface area contributed by atoms with Gasteiger partial charge in [0.15, 0.2) is 5.69 Å². The number of carbonyl (C=O) groups excluding carboxylic acids is 3. The van der Waals surface area contributed by atoms with Crippen LogP contribution in [-0.4, -0.2) is 71.0 Å². The summed E-state index contributed by atoms with van der Waals surface area (Å²) in [5.74, 6) is -2.06. The Morgan fingerprint density at radius 2 is 1.88 bits per heavy atom. The molecular weight excluding hydrogens is 570 g/mol. The van der Waals surface area contributed by atoms with E-state index >= 15 is 4.39 Å². The fraction of sp³-hybridized carbons (Fsp3) is 0.467. The van der Waals surface area contributed by atoms with E-state index in [-0.39, 0.29) is 66.0 Å². The molecule has 1 aliphatic carbocycles. The molecule has 9 nitrogen and oxygen atoms in total. The number of benzene rings is 2. The fourth-order valence-electron chi connectivity index (χ4n) is 5.85. The Balaban J connectivity index is 1.20. The van der Waals surface area contributed by atoms with Gasteiger partial charge < -0.3 is 19.7 Å². The molecular formula is C30H33ClF2N4O5. The van der Waals surface area contributed by atoms with Crippen molar-refractivity contribution in [2.45, 2.75) is 56.8 Å². The van der Waals surface area contributed by atoms with Crippen LogP contribution in [0.4, 0.5) is 14.5 Å². The van der Waals surface area contributed by atoms with E-state index in [1.807, 2.05) is 12.1 Å². The highest BCUT2D eigenvalue weighted by Gasteiger charge is 2.37. The summed E-state index contributed by atoms with van der Waals surface area (Å²) in [5, 5.41) is 7.57. The predicted octanol–water partition coefficient (Wildman–Crippen LogP) is 4.85. The van der Waals surface area contributed by atoms with Crippen molar-refractivity contribution < 1.29 is 32.6 Å². The first-order valence-electron chi connectivity index (χ1n) is 14.0. The van der Waals surface area contributed by atoms with E-state index < -0.39 is 29.8 Å². The molecule has 2 fully saturated rings. The monoisotopic (exact) mass is 602 g/mol. The van der Waals surface area contributed by atoms with Crippen molar-refractivity contribution in [3.05, 3.63) is 58.5 Å². The topological polar surface area (TPSA) is 103 Å². The molecule has 2 amide bonds. The third kappa shape index (κ3) is 6.42. The lowest BCUT2D eigenvalue weighted by molar-refractivity contribution is -0.148. The predicted molar refractivity (Wildman–Crippen MR) is 153 cm³/mol. The zero-order valence-electron chi connectivity index (χ0n) is 23.4. The number of likely N-dealkylation sites (tertiary alicyclic amines) is 1. The summed E-state index contributed by atoms with van der Waals surface area (Å²) in [6.45, 7) is 0.0690. The Kier molecular flexibility index (Phi) is 9.08. The molecule has 1 saturated carbocycles. The van der Waals surface area contributed by atoms with E-state index in [1.54, 1.807) is 23.9 Å². The average molecular weight is 603 g/mol. The molecule has 1 N–H and O–H groups in total. The van der Waals surface area contributed by atoms with Gasteiger partial charge in [-0.2, -0.15) is 5.10 Å². The Bertz CT molecular complexity index is 1490. The second-order valence-electron chi connectivity index (χ2n) is 10.9. The zero-order valence-corrected chi connectivity index (χ0v) is 24.2. The zero-order chi connectivity index (χ0) is 30.0. The van der Waals surface area contributed by atoms with E-state index in [1.165, 1.54) is 18.1 Å². The molecule has 12 heteroatoms. The molecule has 0 unspecified atom stereocenters. The smallest absolute Gasteiger partial charge is 0.308 e. The first-order valence-corrected chi connectivity index (χ1v) is 14.4. The molecule has 0 spiro atoms. The number of nitrogens with one attached hydrogen (secondary N) is 1. The Labute approximate surface area is 247 Å². The van der Waals surface area contributed by atoms with Gasteiger partial charge in [0.2, 0.25) is 5.91 Å². The molecule has 2 aromatic carbocycles. The van der Waals surface area contributed by atoms with E-state index in [0.29, 0.717) is 31.1 Å². The molecule has 42 heavy (non-hydrogen) atoms. The first kappa shape index (κ1) is 29.9. The number of hydrogen-bond acceptors (Lipinski definition) is 6. The third-order valence-electron chi connectivity index (χ3n) is 8.12. The van der Waals surface area contributed by atoms with Crippen LogP contribution >= 0.6 is 11.6 Å². The highest BCUT2D eigenvalue weighted by Crippen LogP contribution is 2.31. The lowest BCUT2D eigenvalue weighted by Gasteiger charge is -2.30. The number of hydrogen-bond donors (Lipinski definition) is 1. The number of amides is 2. The molecule has 0 radical (unpaired) electrons. The van der Waals surface area contributed by atoms with Crippen molar-refractivity contribution in [2.75, 3.05) is 25.6 Å². The highest BCUT2D eigenvalue weighted by molar-refractivity contribution is 6.34. The molecule has 1 saturated heterocycles. The van der Waals surface area contributed by atoms with Crippen LogP contribution in [0.3, 0.4) is 0 Å². The normalized spacial score (nSPS) is 22.4. The quantitative estimate of drug-likeness (QED) is 0.370. The molecule has 0 bridgehead atoms. The number of esters is 1. The number of para-hydroxylation sites is 1. The number of nitrogens with zero attached hydrogens (tertiary/aromatic N) is 3. The number of methoxy groups -OCH3 is 1.